The zero-order valence-corrected chi connectivity index (χ0v) is 15.4. The van der Waals surface area contributed by atoms with Crippen molar-refractivity contribution < 1.29 is 9.47 Å². The number of benzene rings is 3. The van der Waals surface area contributed by atoms with E-state index in [1.54, 1.807) is 0 Å². The number of hydrogen-bond donors (Lipinski definition) is 1. The fraction of sp³-hybridized carbons (Fsp3) is 0.182. The van der Waals surface area contributed by atoms with Gasteiger partial charge in [0.25, 0.3) is 0 Å². The van der Waals surface area contributed by atoms with Gasteiger partial charge in [0.1, 0.15) is 24.2 Å². The molecule has 0 saturated carbocycles. The molecular weight excluding hydrogens is 346 g/mol. The van der Waals surface area contributed by atoms with Gasteiger partial charge in [0, 0.05) is 0 Å². The Bertz CT molecular complexity index is 823. The number of anilines is 1. The molecule has 0 heterocycles. The van der Waals surface area contributed by atoms with E-state index in [2.05, 4.69) is 17.4 Å². The summed E-state index contributed by atoms with van der Waals surface area (Å²) in [7, 11) is 0. The molecule has 3 rings (SSSR count). The van der Waals surface area contributed by atoms with Crippen molar-refractivity contribution in [2.75, 3.05) is 11.9 Å². The Morgan fingerprint density at radius 2 is 1.50 bits per heavy atom. The molecule has 0 aliphatic rings. The van der Waals surface area contributed by atoms with E-state index in [-0.39, 0.29) is 6.10 Å². The summed E-state index contributed by atoms with van der Waals surface area (Å²) in [5.41, 5.74) is 2.08. The van der Waals surface area contributed by atoms with Crippen LogP contribution in [0.4, 0.5) is 5.69 Å². The molecule has 3 nitrogen and oxygen atoms in total. The van der Waals surface area contributed by atoms with E-state index in [1.807, 2.05) is 73.7 Å². The van der Waals surface area contributed by atoms with Gasteiger partial charge in [0.2, 0.25) is 0 Å². The third-order valence-electron chi connectivity index (χ3n) is 3.87. The molecule has 0 spiro atoms. The Morgan fingerprint density at radius 1 is 0.846 bits per heavy atom. The maximum Gasteiger partial charge on any atom is 0.142 e. The largest absolute Gasteiger partial charge is 0.487 e. The molecule has 0 saturated heterocycles. The van der Waals surface area contributed by atoms with Gasteiger partial charge in [0.15, 0.2) is 0 Å². The number of halogens is 1. The van der Waals surface area contributed by atoms with Gasteiger partial charge in [-0.15, -0.1) is 0 Å². The number of para-hydroxylation sites is 3. The molecule has 3 aromatic carbocycles. The van der Waals surface area contributed by atoms with Crippen molar-refractivity contribution in [1.82, 2.24) is 0 Å². The van der Waals surface area contributed by atoms with Crippen LogP contribution in [0, 0.1) is 0 Å². The van der Waals surface area contributed by atoms with Crippen LogP contribution in [0.3, 0.4) is 0 Å². The number of rotatable bonds is 8. The summed E-state index contributed by atoms with van der Waals surface area (Å²) in [6.45, 7) is 3.17. The van der Waals surface area contributed by atoms with E-state index in [9.17, 15) is 0 Å². The van der Waals surface area contributed by atoms with Crippen molar-refractivity contribution in [3.05, 3.63) is 89.4 Å². The summed E-state index contributed by atoms with van der Waals surface area (Å²) < 4.78 is 11.9. The quantitative estimate of drug-likeness (QED) is 0.546. The summed E-state index contributed by atoms with van der Waals surface area (Å²) in [5, 5.41) is 4.01. The van der Waals surface area contributed by atoms with Gasteiger partial charge in [-0.2, -0.15) is 0 Å². The van der Waals surface area contributed by atoms with Crippen LogP contribution in [0.25, 0.3) is 0 Å². The van der Waals surface area contributed by atoms with Crippen LogP contribution < -0.4 is 14.8 Å². The fourth-order valence-corrected chi connectivity index (χ4v) is 2.71. The molecule has 26 heavy (non-hydrogen) atoms. The molecule has 1 N–H and O–H groups in total. The van der Waals surface area contributed by atoms with Gasteiger partial charge < -0.3 is 14.8 Å². The van der Waals surface area contributed by atoms with Crippen LogP contribution in [-0.2, 0) is 6.61 Å². The minimum absolute atomic E-state index is 0.0444. The summed E-state index contributed by atoms with van der Waals surface area (Å²) in [6.07, 6.45) is -0.0444. The third-order valence-corrected chi connectivity index (χ3v) is 4.18. The van der Waals surface area contributed by atoms with Gasteiger partial charge in [-0.1, -0.05) is 66.2 Å². The lowest BCUT2D eigenvalue weighted by Gasteiger charge is -2.18. The molecule has 4 heteroatoms. The number of ether oxygens (including phenoxy) is 2. The zero-order valence-electron chi connectivity index (χ0n) is 14.7. The molecular formula is C22H22ClNO2. The van der Waals surface area contributed by atoms with Gasteiger partial charge in [-0.25, -0.2) is 0 Å². The van der Waals surface area contributed by atoms with Crippen LogP contribution in [-0.4, -0.2) is 12.6 Å². The van der Waals surface area contributed by atoms with Crippen molar-refractivity contribution in [2.24, 2.45) is 0 Å². The highest BCUT2D eigenvalue weighted by atomic mass is 35.5. The van der Waals surface area contributed by atoms with E-state index in [0.29, 0.717) is 23.9 Å². The highest BCUT2D eigenvalue weighted by molar-refractivity contribution is 6.32. The second kappa shape index (κ2) is 9.16. The van der Waals surface area contributed by atoms with Gasteiger partial charge in [-0.3, -0.25) is 0 Å². The lowest BCUT2D eigenvalue weighted by molar-refractivity contribution is 0.234. The molecule has 1 unspecified atom stereocenters. The smallest absolute Gasteiger partial charge is 0.142 e. The zero-order chi connectivity index (χ0) is 18.2. The van der Waals surface area contributed by atoms with E-state index in [1.165, 1.54) is 0 Å². The van der Waals surface area contributed by atoms with Crippen LogP contribution >= 0.6 is 11.6 Å². The lowest BCUT2D eigenvalue weighted by Crippen LogP contribution is -2.23. The number of hydrogen-bond acceptors (Lipinski definition) is 3. The average molecular weight is 368 g/mol. The molecule has 0 aliphatic heterocycles. The van der Waals surface area contributed by atoms with Crippen molar-refractivity contribution in [3.63, 3.8) is 0 Å². The first-order valence-corrected chi connectivity index (χ1v) is 9.01. The van der Waals surface area contributed by atoms with Crippen LogP contribution in [0.15, 0.2) is 78.9 Å². The van der Waals surface area contributed by atoms with Crippen LogP contribution in [0.5, 0.6) is 11.5 Å². The Labute approximate surface area is 159 Å². The second-order valence-corrected chi connectivity index (χ2v) is 6.42. The topological polar surface area (TPSA) is 30.5 Å². The monoisotopic (exact) mass is 367 g/mol. The predicted octanol–water partition coefficient (Wildman–Crippen LogP) is 5.80. The predicted molar refractivity (Wildman–Crippen MR) is 107 cm³/mol. The average Bonchev–Trinajstić information content (AvgIpc) is 2.68. The van der Waals surface area contributed by atoms with Gasteiger partial charge in [0.05, 0.1) is 17.3 Å². The van der Waals surface area contributed by atoms with E-state index < -0.39 is 0 Å². The van der Waals surface area contributed by atoms with E-state index in [4.69, 9.17) is 21.1 Å². The SMILES string of the molecule is CC(CNc1ccccc1OCc1ccccc1)Oc1ccccc1Cl. The third kappa shape index (κ3) is 5.17. The second-order valence-electron chi connectivity index (χ2n) is 6.01. The molecule has 0 amide bonds. The normalized spacial score (nSPS) is 11.6. The highest BCUT2D eigenvalue weighted by Gasteiger charge is 2.09. The van der Waals surface area contributed by atoms with Crippen molar-refractivity contribution >= 4 is 17.3 Å². The Hall–Kier alpha value is -2.65. The minimum Gasteiger partial charge on any atom is -0.487 e. The minimum atomic E-state index is -0.0444. The molecule has 3 aromatic rings. The number of nitrogens with one attached hydrogen (secondary N) is 1. The maximum absolute atomic E-state index is 6.14. The maximum atomic E-state index is 6.14. The summed E-state index contributed by atoms with van der Waals surface area (Å²) in [5.74, 6) is 1.51. The van der Waals surface area contributed by atoms with Gasteiger partial charge in [-0.05, 0) is 36.8 Å². The summed E-state index contributed by atoms with van der Waals surface area (Å²) in [6, 6.07) is 25.5. The standard InChI is InChI=1S/C22H22ClNO2/c1-17(26-21-13-7-5-11-19(21)23)15-24-20-12-6-8-14-22(20)25-16-18-9-3-2-4-10-18/h2-14,17,24H,15-16H2,1H3. The Kier molecular flexibility index (Phi) is 6.39. The molecule has 0 bridgehead atoms. The molecule has 0 aliphatic carbocycles. The highest BCUT2D eigenvalue weighted by Crippen LogP contribution is 2.26. The Morgan fingerprint density at radius 3 is 2.27 bits per heavy atom. The van der Waals surface area contributed by atoms with Crippen molar-refractivity contribution in [1.29, 1.82) is 0 Å². The summed E-state index contributed by atoms with van der Waals surface area (Å²) in [4.78, 5) is 0. The van der Waals surface area contributed by atoms with Crippen molar-refractivity contribution in [3.8, 4) is 11.5 Å². The molecule has 0 radical (unpaired) electrons. The molecule has 0 aromatic heterocycles. The fourth-order valence-electron chi connectivity index (χ4n) is 2.53. The van der Waals surface area contributed by atoms with E-state index in [0.717, 1.165) is 17.0 Å². The molecule has 134 valence electrons. The first-order valence-electron chi connectivity index (χ1n) is 8.63. The molecule has 1 atom stereocenters. The Balaban J connectivity index is 1.57. The molecule has 0 fully saturated rings. The van der Waals surface area contributed by atoms with E-state index >= 15 is 0 Å². The lowest BCUT2D eigenvalue weighted by atomic mass is 10.2. The van der Waals surface area contributed by atoms with Crippen LogP contribution in [0.2, 0.25) is 5.02 Å². The summed E-state index contributed by atoms with van der Waals surface area (Å²) >= 11 is 6.14. The first-order chi connectivity index (χ1) is 12.7. The van der Waals surface area contributed by atoms with Crippen LogP contribution in [0.1, 0.15) is 12.5 Å². The first kappa shape index (κ1) is 18.2. The van der Waals surface area contributed by atoms with Gasteiger partial charge >= 0.3 is 0 Å². The van der Waals surface area contributed by atoms with Crippen molar-refractivity contribution in [2.45, 2.75) is 19.6 Å².